The molecule has 0 amide bonds. The van der Waals surface area contributed by atoms with Crippen LogP contribution in [0, 0.1) is 5.92 Å². The van der Waals surface area contributed by atoms with Crippen LogP contribution >= 0.6 is 0 Å². The first-order valence-corrected chi connectivity index (χ1v) is 10.0. The van der Waals surface area contributed by atoms with Gasteiger partial charge in [0.15, 0.2) is 5.03 Å². The van der Waals surface area contributed by atoms with Crippen LogP contribution in [-0.4, -0.2) is 35.1 Å². The Morgan fingerprint density at radius 2 is 1.96 bits per heavy atom. The molecule has 0 aliphatic rings. The molecule has 142 valence electrons. The minimum atomic E-state index is -3.82. The molecule has 8 heteroatoms. The number of hydrogen-bond donors (Lipinski definition) is 2. The molecule has 2 rings (SSSR count). The molecule has 7 nitrogen and oxygen atoms in total. The Labute approximate surface area is 154 Å². The summed E-state index contributed by atoms with van der Waals surface area (Å²) >= 11 is 0. The summed E-state index contributed by atoms with van der Waals surface area (Å²) in [5.41, 5.74) is 0.941. The van der Waals surface area contributed by atoms with E-state index in [0.29, 0.717) is 18.9 Å². The Balaban J connectivity index is 2.13. The van der Waals surface area contributed by atoms with E-state index in [2.05, 4.69) is 9.71 Å². The minimum Gasteiger partial charge on any atom is -0.481 e. The molecule has 1 aromatic heterocycles. The summed E-state index contributed by atoms with van der Waals surface area (Å²) in [6, 6.07) is 8.87. The van der Waals surface area contributed by atoms with Gasteiger partial charge < -0.3 is 9.67 Å². The van der Waals surface area contributed by atoms with Crippen molar-refractivity contribution in [3.63, 3.8) is 0 Å². The Hall–Kier alpha value is -2.19. The molecule has 0 saturated carbocycles. The lowest BCUT2D eigenvalue weighted by molar-refractivity contribution is -0.137. The number of carboxylic acids is 1. The number of nitrogens with one attached hydrogen (secondary N) is 1. The predicted molar refractivity (Wildman–Crippen MR) is 98.2 cm³/mol. The van der Waals surface area contributed by atoms with Crippen LogP contribution in [0.5, 0.6) is 0 Å². The number of aromatic nitrogens is 2. The van der Waals surface area contributed by atoms with E-state index < -0.39 is 22.0 Å². The molecule has 1 heterocycles. The first kappa shape index (κ1) is 20.1. The highest BCUT2D eigenvalue weighted by Crippen LogP contribution is 2.13. The summed E-state index contributed by atoms with van der Waals surface area (Å²) in [6.45, 7) is 4.75. The second-order valence-corrected chi connectivity index (χ2v) is 8.40. The van der Waals surface area contributed by atoms with E-state index in [1.165, 1.54) is 12.5 Å². The number of carbonyl (C=O) groups is 1. The molecule has 1 unspecified atom stereocenters. The fraction of sp³-hybridized carbons (Fsp3) is 0.444. The Kier molecular flexibility index (Phi) is 6.93. The number of carboxylic acid groups (broad SMARTS) is 1. The third-order valence-electron chi connectivity index (χ3n) is 3.81. The van der Waals surface area contributed by atoms with Crippen LogP contribution in [0.2, 0.25) is 0 Å². The van der Waals surface area contributed by atoms with Gasteiger partial charge in [0.05, 0.1) is 6.33 Å². The topological polar surface area (TPSA) is 101 Å². The normalized spacial score (nSPS) is 13.0. The van der Waals surface area contributed by atoms with Crippen molar-refractivity contribution in [2.24, 2.45) is 5.92 Å². The first-order valence-electron chi connectivity index (χ1n) is 8.56. The molecular weight excluding hydrogens is 354 g/mol. The van der Waals surface area contributed by atoms with E-state index in [0.717, 1.165) is 5.56 Å². The summed E-state index contributed by atoms with van der Waals surface area (Å²) in [6.07, 6.45) is 3.51. The van der Waals surface area contributed by atoms with Gasteiger partial charge in [0.25, 0.3) is 10.0 Å². The maximum atomic E-state index is 12.6. The van der Waals surface area contributed by atoms with Crippen LogP contribution in [0.4, 0.5) is 0 Å². The lowest BCUT2D eigenvalue weighted by Crippen LogP contribution is -2.37. The quantitative estimate of drug-likeness (QED) is 0.659. The van der Waals surface area contributed by atoms with E-state index in [1.54, 1.807) is 4.57 Å². The van der Waals surface area contributed by atoms with Crippen molar-refractivity contribution < 1.29 is 18.3 Å². The molecule has 0 fully saturated rings. The first-order chi connectivity index (χ1) is 12.3. The average Bonchev–Trinajstić information content (AvgIpc) is 3.02. The third kappa shape index (κ3) is 6.27. The molecule has 26 heavy (non-hydrogen) atoms. The zero-order valence-electron chi connectivity index (χ0n) is 15.0. The van der Waals surface area contributed by atoms with Gasteiger partial charge in [-0.1, -0.05) is 44.2 Å². The number of nitrogens with zero attached hydrogens (tertiary/aromatic N) is 2. The van der Waals surface area contributed by atoms with Gasteiger partial charge >= 0.3 is 5.97 Å². The SMILES string of the molecule is CC(C)Cn1cnc(S(=O)(=O)NC(CCC(=O)O)Cc2ccccc2)c1. The zero-order chi connectivity index (χ0) is 19.2. The van der Waals surface area contributed by atoms with Gasteiger partial charge in [-0.2, -0.15) is 0 Å². The molecule has 0 spiro atoms. The molecule has 0 aliphatic heterocycles. The van der Waals surface area contributed by atoms with Gasteiger partial charge in [0.2, 0.25) is 0 Å². The summed E-state index contributed by atoms with van der Waals surface area (Å²) in [5.74, 6) is -0.586. The van der Waals surface area contributed by atoms with E-state index in [1.807, 2.05) is 44.2 Å². The maximum Gasteiger partial charge on any atom is 0.303 e. The van der Waals surface area contributed by atoms with E-state index in [9.17, 15) is 13.2 Å². The van der Waals surface area contributed by atoms with Crippen LogP contribution in [0.25, 0.3) is 0 Å². The molecule has 1 aromatic carbocycles. The van der Waals surface area contributed by atoms with Gasteiger partial charge in [0.1, 0.15) is 0 Å². The lowest BCUT2D eigenvalue weighted by atomic mass is 10.0. The summed E-state index contributed by atoms with van der Waals surface area (Å²) < 4.78 is 29.6. The fourth-order valence-corrected chi connectivity index (χ4v) is 3.90. The highest BCUT2D eigenvalue weighted by molar-refractivity contribution is 7.89. The Bertz CT molecular complexity index is 816. The number of rotatable bonds is 10. The zero-order valence-corrected chi connectivity index (χ0v) is 15.8. The number of hydrogen-bond acceptors (Lipinski definition) is 4. The van der Waals surface area contributed by atoms with Crippen molar-refractivity contribution in [3.05, 3.63) is 48.4 Å². The average molecular weight is 379 g/mol. The van der Waals surface area contributed by atoms with Gasteiger partial charge in [-0.25, -0.2) is 18.1 Å². The molecule has 0 radical (unpaired) electrons. The van der Waals surface area contributed by atoms with Gasteiger partial charge in [-0.05, 0) is 24.3 Å². The van der Waals surface area contributed by atoms with Crippen LogP contribution in [-0.2, 0) is 27.8 Å². The van der Waals surface area contributed by atoms with Crippen LogP contribution in [0.3, 0.4) is 0 Å². The number of benzene rings is 1. The van der Waals surface area contributed by atoms with E-state index in [4.69, 9.17) is 5.11 Å². The Morgan fingerprint density at radius 1 is 1.27 bits per heavy atom. The molecular formula is C18H25N3O4S. The largest absolute Gasteiger partial charge is 0.481 e. The van der Waals surface area contributed by atoms with Gasteiger partial charge in [0, 0.05) is 25.2 Å². The predicted octanol–water partition coefficient (Wildman–Crippen LogP) is 2.29. The highest BCUT2D eigenvalue weighted by atomic mass is 32.2. The maximum absolute atomic E-state index is 12.6. The van der Waals surface area contributed by atoms with Gasteiger partial charge in [-0.3, -0.25) is 4.79 Å². The van der Waals surface area contributed by atoms with Crippen LogP contribution in [0.1, 0.15) is 32.3 Å². The van der Waals surface area contributed by atoms with Crippen LogP contribution in [0.15, 0.2) is 47.9 Å². The lowest BCUT2D eigenvalue weighted by Gasteiger charge is -2.17. The van der Waals surface area contributed by atoms with E-state index in [-0.39, 0.29) is 17.9 Å². The summed E-state index contributed by atoms with van der Waals surface area (Å²) in [5, 5.41) is 8.89. The number of aliphatic carboxylic acids is 1. The third-order valence-corrected chi connectivity index (χ3v) is 5.22. The molecule has 1 atom stereocenters. The molecule has 0 bridgehead atoms. The number of imidazole rings is 1. The second-order valence-electron chi connectivity index (χ2n) is 6.74. The second kappa shape index (κ2) is 8.95. The highest BCUT2D eigenvalue weighted by Gasteiger charge is 2.23. The molecule has 2 N–H and O–H groups in total. The minimum absolute atomic E-state index is 0.0495. The summed E-state index contributed by atoms with van der Waals surface area (Å²) in [4.78, 5) is 14.9. The fourth-order valence-electron chi connectivity index (χ4n) is 2.68. The number of sulfonamides is 1. The molecule has 2 aromatic rings. The van der Waals surface area contributed by atoms with Crippen LogP contribution < -0.4 is 4.72 Å². The smallest absolute Gasteiger partial charge is 0.303 e. The monoisotopic (exact) mass is 379 g/mol. The van der Waals surface area contributed by atoms with Crippen molar-refractivity contribution in [1.29, 1.82) is 0 Å². The molecule has 0 aliphatic carbocycles. The summed E-state index contributed by atoms with van der Waals surface area (Å²) in [7, 11) is -3.82. The van der Waals surface area contributed by atoms with E-state index >= 15 is 0 Å². The van der Waals surface area contributed by atoms with Gasteiger partial charge in [-0.15, -0.1) is 0 Å². The van der Waals surface area contributed by atoms with Crippen molar-refractivity contribution in [1.82, 2.24) is 14.3 Å². The molecule has 0 saturated heterocycles. The standard InChI is InChI=1S/C18H25N3O4S/c1-14(2)11-21-12-17(19-13-21)26(24,25)20-16(8-9-18(22)23)10-15-6-4-3-5-7-15/h3-7,12-14,16,20H,8-11H2,1-2H3,(H,22,23). The Morgan fingerprint density at radius 3 is 2.58 bits per heavy atom. The van der Waals surface area contributed by atoms with Crippen molar-refractivity contribution >= 4 is 16.0 Å². The van der Waals surface area contributed by atoms with Crippen molar-refractivity contribution in [2.75, 3.05) is 0 Å². The van der Waals surface area contributed by atoms with Crippen molar-refractivity contribution in [2.45, 2.75) is 50.7 Å². The van der Waals surface area contributed by atoms with Crippen molar-refractivity contribution in [3.8, 4) is 0 Å².